The number of carbonyl (C=O) groups excluding carboxylic acids is 1. The molecule has 8 nitrogen and oxygen atoms in total. The summed E-state index contributed by atoms with van der Waals surface area (Å²) < 4.78 is 18.3. The van der Waals surface area contributed by atoms with Gasteiger partial charge in [-0.3, -0.25) is 14.2 Å². The fourth-order valence-electron chi connectivity index (χ4n) is 4.82. The minimum Gasteiger partial charge on any atom is -0.486 e. The van der Waals surface area contributed by atoms with Crippen LogP contribution in [0.1, 0.15) is 37.4 Å². The molecule has 2 aliphatic rings. The maximum Gasteiger partial charge on any atom is 0.262 e. The number of ether oxygens (including phenoxy) is 3. The molecule has 184 valence electrons. The van der Waals surface area contributed by atoms with Crippen molar-refractivity contribution >= 4 is 28.6 Å². The van der Waals surface area contributed by atoms with Gasteiger partial charge in [-0.1, -0.05) is 30.0 Å². The number of thioether (sulfide) groups is 1. The molecule has 2 unspecified atom stereocenters. The molecule has 3 aromatic rings. The van der Waals surface area contributed by atoms with Crippen LogP contribution in [0.15, 0.2) is 52.4 Å². The molecule has 2 aliphatic heterocycles. The van der Waals surface area contributed by atoms with Crippen LogP contribution in [-0.4, -0.2) is 59.6 Å². The van der Waals surface area contributed by atoms with Crippen LogP contribution in [0.5, 0.6) is 11.5 Å². The van der Waals surface area contributed by atoms with Gasteiger partial charge >= 0.3 is 0 Å². The molecule has 1 aromatic heterocycles. The number of likely N-dealkylation sites (tertiary alicyclic amines) is 1. The van der Waals surface area contributed by atoms with Crippen molar-refractivity contribution in [2.75, 3.05) is 39.2 Å². The highest BCUT2D eigenvalue weighted by Gasteiger charge is 2.31. The zero-order valence-electron chi connectivity index (χ0n) is 19.9. The molecule has 2 atom stereocenters. The first-order valence-corrected chi connectivity index (χ1v) is 12.9. The predicted molar refractivity (Wildman–Crippen MR) is 134 cm³/mol. The van der Waals surface area contributed by atoms with Gasteiger partial charge < -0.3 is 19.1 Å². The van der Waals surface area contributed by atoms with Crippen molar-refractivity contribution in [2.24, 2.45) is 0 Å². The van der Waals surface area contributed by atoms with Gasteiger partial charge in [0.15, 0.2) is 16.7 Å². The van der Waals surface area contributed by atoms with E-state index in [0.717, 1.165) is 29.9 Å². The molecule has 5 rings (SSSR count). The minimum absolute atomic E-state index is 0.00176. The summed E-state index contributed by atoms with van der Waals surface area (Å²) in [5, 5.41) is 1.09. The van der Waals surface area contributed by atoms with Crippen LogP contribution < -0.4 is 15.0 Å². The number of carbonyl (C=O) groups is 1. The van der Waals surface area contributed by atoms with Crippen molar-refractivity contribution < 1.29 is 19.0 Å². The summed E-state index contributed by atoms with van der Waals surface area (Å²) in [6, 6.07) is 13.0. The number of benzene rings is 2. The number of nitrogens with zero attached hydrogens (tertiary/aromatic N) is 3. The summed E-state index contributed by atoms with van der Waals surface area (Å²) in [6.07, 6.45) is 1.85. The average Bonchev–Trinajstić information content (AvgIpc) is 3.37. The Morgan fingerprint density at radius 1 is 1.20 bits per heavy atom. The third-order valence-electron chi connectivity index (χ3n) is 6.47. The van der Waals surface area contributed by atoms with Crippen LogP contribution in [0.4, 0.5) is 0 Å². The number of aromatic nitrogens is 2. The van der Waals surface area contributed by atoms with Gasteiger partial charge in [0.1, 0.15) is 13.2 Å². The number of para-hydroxylation sites is 1. The Labute approximate surface area is 208 Å². The first kappa shape index (κ1) is 23.7. The van der Waals surface area contributed by atoms with Crippen LogP contribution in [0, 0.1) is 0 Å². The number of hydrogen-bond donors (Lipinski definition) is 0. The number of rotatable bonds is 7. The standard InChI is InChI=1S/C26H29N3O5S/c1-17(15-32-2)29-25(31)19-6-3-4-7-20(19)27-26(29)35-16-24(30)28-11-5-8-21(28)18-9-10-22-23(14-18)34-13-12-33-22/h3-4,6-7,9-10,14,17,21H,5,8,11-13,15-16H2,1-2H3. The lowest BCUT2D eigenvalue weighted by Gasteiger charge is -2.27. The van der Waals surface area contributed by atoms with Gasteiger partial charge in [-0.25, -0.2) is 4.98 Å². The normalized spacial score (nSPS) is 18.1. The third-order valence-corrected chi connectivity index (χ3v) is 7.41. The van der Waals surface area contributed by atoms with Crippen LogP contribution >= 0.6 is 11.8 Å². The van der Waals surface area contributed by atoms with Crippen molar-refractivity contribution in [3.8, 4) is 11.5 Å². The SMILES string of the molecule is COCC(C)n1c(SCC(=O)N2CCCC2c2ccc3c(c2)OCCO3)nc2ccccc2c1=O. The highest BCUT2D eigenvalue weighted by Crippen LogP contribution is 2.38. The molecule has 1 amide bonds. The van der Waals surface area contributed by atoms with Crippen LogP contribution in [-0.2, 0) is 9.53 Å². The van der Waals surface area contributed by atoms with E-state index in [0.29, 0.717) is 42.4 Å². The number of methoxy groups -OCH3 is 1. The zero-order chi connectivity index (χ0) is 24.4. The van der Waals surface area contributed by atoms with E-state index in [9.17, 15) is 9.59 Å². The van der Waals surface area contributed by atoms with Gasteiger partial charge in [-0.2, -0.15) is 0 Å². The average molecular weight is 496 g/mol. The first-order valence-electron chi connectivity index (χ1n) is 11.9. The zero-order valence-corrected chi connectivity index (χ0v) is 20.8. The minimum atomic E-state index is -0.209. The summed E-state index contributed by atoms with van der Waals surface area (Å²) in [7, 11) is 1.61. The maximum absolute atomic E-state index is 13.4. The van der Waals surface area contributed by atoms with E-state index in [1.54, 1.807) is 17.7 Å². The van der Waals surface area contributed by atoms with Crippen molar-refractivity contribution in [2.45, 2.75) is 37.0 Å². The lowest BCUT2D eigenvalue weighted by atomic mass is 10.0. The Morgan fingerprint density at radius 2 is 2.00 bits per heavy atom. The van der Waals surface area contributed by atoms with Crippen molar-refractivity contribution in [1.29, 1.82) is 0 Å². The van der Waals surface area contributed by atoms with Crippen molar-refractivity contribution in [3.63, 3.8) is 0 Å². The Hall–Kier alpha value is -3.04. The smallest absolute Gasteiger partial charge is 0.262 e. The molecule has 0 N–H and O–H groups in total. The lowest BCUT2D eigenvalue weighted by Crippen LogP contribution is -2.33. The maximum atomic E-state index is 13.4. The fraction of sp³-hybridized carbons (Fsp3) is 0.423. The number of hydrogen-bond acceptors (Lipinski definition) is 7. The third kappa shape index (κ3) is 4.75. The van der Waals surface area contributed by atoms with Crippen LogP contribution in [0.3, 0.4) is 0 Å². The monoisotopic (exact) mass is 495 g/mol. The van der Waals surface area contributed by atoms with Crippen molar-refractivity contribution in [1.82, 2.24) is 14.5 Å². The highest BCUT2D eigenvalue weighted by atomic mass is 32.2. The van der Waals surface area contributed by atoms with Gasteiger partial charge in [0, 0.05) is 13.7 Å². The van der Waals surface area contributed by atoms with Gasteiger partial charge in [-0.05, 0) is 49.6 Å². The van der Waals surface area contributed by atoms with E-state index < -0.39 is 0 Å². The van der Waals surface area contributed by atoms with Gasteiger partial charge in [0.25, 0.3) is 5.56 Å². The number of fused-ring (bicyclic) bond motifs is 2. The van der Waals surface area contributed by atoms with E-state index >= 15 is 0 Å². The highest BCUT2D eigenvalue weighted by molar-refractivity contribution is 7.99. The molecule has 1 fully saturated rings. The summed E-state index contributed by atoms with van der Waals surface area (Å²) in [5.74, 6) is 1.71. The molecule has 1 saturated heterocycles. The van der Waals surface area contributed by atoms with E-state index in [-0.39, 0.29) is 29.3 Å². The van der Waals surface area contributed by atoms with E-state index in [1.807, 2.05) is 48.2 Å². The quantitative estimate of drug-likeness (QED) is 0.364. The van der Waals surface area contributed by atoms with Gasteiger partial charge in [0.2, 0.25) is 5.91 Å². The van der Waals surface area contributed by atoms with E-state index in [4.69, 9.17) is 19.2 Å². The molecule has 0 aliphatic carbocycles. The Balaban J connectivity index is 1.37. The number of amides is 1. The molecule has 2 aromatic carbocycles. The van der Waals surface area contributed by atoms with E-state index in [1.165, 1.54) is 11.8 Å². The topological polar surface area (TPSA) is 82.9 Å². The van der Waals surface area contributed by atoms with Crippen LogP contribution in [0.25, 0.3) is 10.9 Å². The summed E-state index contributed by atoms with van der Waals surface area (Å²) in [5.41, 5.74) is 1.56. The molecular formula is C26H29N3O5S. The summed E-state index contributed by atoms with van der Waals surface area (Å²) in [4.78, 5) is 33.3. The van der Waals surface area contributed by atoms with Crippen molar-refractivity contribution in [3.05, 3.63) is 58.4 Å². The molecule has 0 radical (unpaired) electrons. The van der Waals surface area contributed by atoms with Crippen LogP contribution in [0.2, 0.25) is 0 Å². The molecule has 0 bridgehead atoms. The second kappa shape index (κ2) is 10.3. The largest absolute Gasteiger partial charge is 0.486 e. The molecular weight excluding hydrogens is 466 g/mol. The predicted octanol–water partition coefficient (Wildman–Crippen LogP) is 3.83. The molecule has 9 heteroatoms. The molecule has 0 saturated carbocycles. The molecule has 0 spiro atoms. The van der Waals surface area contributed by atoms with Gasteiger partial charge in [-0.15, -0.1) is 0 Å². The summed E-state index contributed by atoms with van der Waals surface area (Å²) >= 11 is 1.31. The summed E-state index contributed by atoms with van der Waals surface area (Å²) in [6.45, 7) is 4.08. The van der Waals surface area contributed by atoms with Gasteiger partial charge in [0.05, 0.1) is 35.3 Å². The Kier molecular flexibility index (Phi) is 6.97. The second-order valence-electron chi connectivity index (χ2n) is 8.83. The second-order valence-corrected chi connectivity index (χ2v) is 9.77. The lowest BCUT2D eigenvalue weighted by molar-refractivity contribution is -0.129. The Morgan fingerprint density at radius 3 is 2.83 bits per heavy atom. The molecule has 35 heavy (non-hydrogen) atoms. The Bertz CT molecular complexity index is 1290. The first-order chi connectivity index (χ1) is 17.1. The fourth-order valence-corrected chi connectivity index (χ4v) is 5.80. The van der Waals surface area contributed by atoms with E-state index in [2.05, 4.69) is 0 Å². The molecule has 3 heterocycles.